The standard InChI is InChI=1S/C32H24N2/c1-22(9-6-7-20-33)25-17-18-28-29-19-16-24-11-3-5-14-27(24)32(29)34(31(28)21-25)30-15-8-12-23-10-2-4-13-26(23)30/h2-21H,1,33H2/b9-6-,20-7-. The highest BCUT2D eigenvalue weighted by Gasteiger charge is 2.17. The molecule has 0 atom stereocenters. The molecule has 0 saturated heterocycles. The van der Waals surface area contributed by atoms with Gasteiger partial charge in [-0.25, -0.2) is 0 Å². The molecule has 0 aliphatic carbocycles. The molecule has 162 valence electrons. The van der Waals surface area contributed by atoms with Crippen molar-refractivity contribution in [1.29, 1.82) is 0 Å². The highest BCUT2D eigenvalue weighted by atomic mass is 15.0. The molecule has 0 bridgehead atoms. The second-order valence-corrected chi connectivity index (χ2v) is 8.52. The van der Waals surface area contributed by atoms with Gasteiger partial charge in [-0.1, -0.05) is 104 Å². The molecule has 0 aliphatic rings. The number of fused-ring (bicyclic) bond motifs is 6. The quantitative estimate of drug-likeness (QED) is 0.278. The zero-order valence-electron chi connectivity index (χ0n) is 18.8. The van der Waals surface area contributed by atoms with Crippen LogP contribution in [0.4, 0.5) is 0 Å². The molecule has 2 heteroatoms. The lowest BCUT2D eigenvalue weighted by molar-refractivity contribution is 1.20. The van der Waals surface area contributed by atoms with Gasteiger partial charge in [-0.15, -0.1) is 0 Å². The number of hydrogen-bond donors (Lipinski definition) is 1. The number of aromatic nitrogens is 1. The highest BCUT2D eigenvalue weighted by Crippen LogP contribution is 2.39. The van der Waals surface area contributed by atoms with E-state index in [1.54, 1.807) is 0 Å². The van der Waals surface area contributed by atoms with E-state index in [-0.39, 0.29) is 0 Å². The molecule has 0 unspecified atom stereocenters. The lowest BCUT2D eigenvalue weighted by Gasteiger charge is -2.13. The Morgan fingerprint density at radius 1 is 0.676 bits per heavy atom. The fraction of sp³-hybridized carbons (Fsp3) is 0. The van der Waals surface area contributed by atoms with E-state index < -0.39 is 0 Å². The van der Waals surface area contributed by atoms with Crippen LogP contribution < -0.4 is 5.73 Å². The largest absolute Gasteiger partial charge is 0.405 e. The summed E-state index contributed by atoms with van der Waals surface area (Å²) in [6.07, 6.45) is 7.24. The van der Waals surface area contributed by atoms with Crippen LogP contribution in [0, 0.1) is 0 Å². The van der Waals surface area contributed by atoms with Crippen LogP contribution in [0.3, 0.4) is 0 Å². The summed E-state index contributed by atoms with van der Waals surface area (Å²) in [5, 5.41) is 7.43. The van der Waals surface area contributed by atoms with Gasteiger partial charge in [0.15, 0.2) is 0 Å². The normalized spacial score (nSPS) is 12.1. The van der Waals surface area contributed by atoms with Gasteiger partial charge in [-0.3, -0.25) is 0 Å². The van der Waals surface area contributed by atoms with Gasteiger partial charge in [0.25, 0.3) is 0 Å². The minimum atomic E-state index is 0.944. The van der Waals surface area contributed by atoms with Gasteiger partial charge in [0.05, 0.1) is 16.7 Å². The predicted molar refractivity (Wildman–Crippen MR) is 147 cm³/mol. The van der Waals surface area contributed by atoms with Crippen molar-refractivity contribution in [2.45, 2.75) is 0 Å². The third-order valence-electron chi connectivity index (χ3n) is 6.55. The van der Waals surface area contributed by atoms with Crippen LogP contribution in [-0.4, -0.2) is 4.57 Å². The van der Waals surface area contributed by atoms with Gasteiger partial charge >= 0.3 is 0 Å². The summed E-state index contributed by atoms with van der Waals surface area (Å²) in [5.74, 6) is 0. The van der Waals surface area contributed by atoms with E-state index in [9.17, 15) is 0 Å². The van der Waals surface area contributed by atoms with E-state index in [1.165, 1.54) is 55.2 Å². The summed E-state index contributed by atoms with van der Waals surface area (Å²) in [5.41, 5.74) is 11.1. The van der Waals surface area contributed by atoms with Gasteiger partial charge in [0.1, 0.15) is 0 Å². The lowest BCUT2D eigenvalue weighted by atomic mass is 10.0. The van der Waals surface area contributed by atoms with E-state index in [4.69, 9.17) is 5.73 Å². The first-order valence-corrected chi connectivity index (χ1v) is 11.4. The predicted octanol–water partition coefficient (Wildman–Crippen LogP) is 8.13. The Bertz CT molecular complexity index is 1770. The van der Waals surface area contributed by atoms with Gasteiger partial charge in [-0.2, -0.15) is 0 Å². The molecule has 0 spiro atoms. The van der Waals surface area contributed by atoms with E-state index in [2.05, 4.69) is 108 Å². The lowest BCUT2D eigenvalue weighted by Crippen LogP contribution is -1.96. The van der Waals surface area contributed by atoms with E-state index in [1.807, 2.05) is 18.2 Å². The Morgan fingerprint density at radius 3 is 2.21 bits per heavy atom. The Kier molecular flexibility index (Phi) is 4.78. The number of nitrogens with zero attached hydrogens (tertiary/aromatic N) is 1. The SMILES string of the molecule is C=C(/C=C\C=C/N)c1ccc2c3ccc4ccccc4c3n(-c3cccc4ccccc34)c2c1. The summed E-state index contributed by atoms with van der Waals surface area (Å²) in [6.45, 7) is 4.29. The van der Waals surface area contributed by atoms with Gasteiger partial charge in [-0.05, 0) is 46.3 Å². The van der Waals surface area contributed by atoms with Crippen molar-refractivity contribution in [1.82, 2.24) is 4.57 Å². The average Bonchev–Trinajstić information content (AvgIpc) is 3.22. The van der Waals surface area contributed by atoms with E-state index in [0.717, 1.165) is 11.1 Å². The minimum Gasteiger partial charge on any atom is -0.405 e. The van der Waals surface area contributed by atoms with Crippen molar-refractivity contribution in [2.24, 2.45) is 5.73 Å². The smallest absolute Gasteiger partial charge is 0.0619 e. The molecule has 2 N–H and O–H groups in total. The Morgan fingerprint density at radius 2 is 1.38 bits per heavy atom. The topological polar surface area (TPSA) is 30.9 Å². The minimum absolute atomic E-state index is 0.944. The molecule has 6 aromatic rings. The van der Waals surface area contributed by atoms with Crippen LogP contribution in [0.25, 0.3) is 54.6 Å². The first-order valence-electron chi connectivity index (χ1n) is 11.4. The Hall–Kier alpha value is -4.56. The molecule has 5 aromatic carbocycles. The number of rotatable bonds is 4. The second-order valence-electron chi connectivity index (χ2n) is 8.52. The highest BCUT2D eigenvalue weighted by molar-refractivity contribution is 6.19. The number of benzene rings is 5. The van der Waals surface area contributed by atoms with Crippen LogP contribution in [0.15, 0.2) is 128 Å². The fourth-order valence-corrected chi connectivity index (χ4v) is 4.96. The summed E-state index contributed by atoms with van der Waals surface area (Å²) in [7, 11) is 0. The third kappa shape index (κ3) is 3.12. The van der Waals surface area contributed by atoms with Gasteiger partial charge < -0.3 is 10.3 Å². The molecule has 0 radical (unpaired) electrons. The van der Waals surface area contributed by atoms with Crippen molar-refractivity contribution < 1.29 is 0 Å². The molecule has 0 aliphatic heterocycles. The molecule has 1 aromatic heterocycles. The summed E-state index contributed by atoms with van der Waals surface area (Å²) < 4.78 is 2.43. The second kappa shape index (κ2) is 8.09. The van der Waals surface area contributed by atoms with Crippen LogP contribution in [0.2, 0.25) is 0 Å². The van der Waals surface area contributed by atoms with Crippen LogP contribution in [0.5, 0.6) is 0 Å². The molecule has 34 heavy (non-hydrogen) atoms. The van der Waals surface area contributed by atoms with Gasteiger partial charge in [0, 0.05) is 21.5 Å². The number of hydrogen-bond acceptors (Lipinski definition) is 1. The van der Waals surface area contributed by atoms with E-state index in [0.29, 0.717) is 0 Å². The zero-order valence-corrected chi connectivity index (χ0v) is 18.8. The van der Waals surface area contributed by atoms with Crippen molar-refractivity contribution in [2.75, 3.05) is 0 Å². The fourth-order valence-electron chi connectivity index (χ4n) is 4.96. The summed E-state index contributed by atoms with van der Waals surface area (Å²) in [6, 6.07) is 34.9. The third-order valence-corrected chi connectivity index (χ3v) is 6.55. The van der Waals surface area contributed by atoms with Crippen LogP contribution in [-0.2, 0) is 0 Å². The van der Waals surface area contributed by atoms with E-state index >= 15 is 0 Å². The molecular formula is C32H24N2. The maximum atomic E-state index is 5.48. The first kappa shape index (κ1) is 20.1. The molecule has 2 nitrogen and oxygen atoms in total. The molecule has 6 rings (SSSR count). The van der Waals surface area contributed by atoms with Crippen molar-refractivity contribution in [3.05, 3.63) is 134 Å². The molecular weight excluding hydrogens is 412 g/mol. The number of nitrogens with two attached hydrogens (primary N) is 1. The van der Waals surface area contributed by atoms with Crippen LogP contribution in [0.1, 0.15) is 5.56 Å². The van der Waals surface area contributed by atoms with Crippen molar-refractivity contribution in [3.63, 3.8) is 0 Å². The van der Waals surface area contributed by atoms with Crippen LogP contribution >= 0.6 is 0 Å². The summed E-state index contributed by atoms with van der Waals surface area (Å²) >= 11 is 0. The number of allylic oxidation sites excluding steroid dienone is 4. The maximum Gasteiger partial charge on any atom is 0.0619 e. The molecule has 0 fully saturated rings. The molecule has 1 heterocycles. The molecule has 0 saturated carbocycles. The maximum absolute atomic E-state index is 5.48. The Balaban J connectivity index is 1.76. The first-order chi connectivity index (χ1) is 16.8. The zero-order chi connectivity index (χ0) is 23.1. The molecule has 0 amide bonds. The van der Waals surface area contributed by atoms with Crippen molar-refractivity contribution in [3.8, 4) is 5.69 Å². The monoisotopic (exact) mass is 436 g/mol. The Labute approximate surface area is 198 Å². The van der Waals surface area contributed by atoms with Crippen molar-refractivity contribution >= 4 is 48.9 Å². The average molecular weight is 437 g/mol. The summed E-state index contributed by atoms with van der Waals surface area (Å²) in [4.78, 5) is 0. The van der Waals surface area contributed by atoms with Gasteiger partial charge in [0.2, 0.25) is 0 Å².